The molecular weight excluding hydrogens is 430 g/mol. The van der Waals surface area contributed by atoms with E-state index in [1.165, 1.54) is 6.20 Å². The second-order valence-corrected chi connectivity index (χ2v) is 6.24. The fraction of sp³-hybridized carbons (Fsp3) is 0.214. The molecule has 6 nitrogen and oxygen atoms in total. The van der Waals surface area contributed by atoms with Crippen LogP contribution in [-0.2, 0) is 19.1 Å². The molecule has 6 heteroatoms. The summed E-state index contributed by atoms with van der Waals surface area (Å²) in [5, 5.41) is 2.86. The van der Waals surface area contributed by atoms with Crippen molar-refractivity contribution in [3.8, 4) is 11.5 Å². The third-order valence-corrected chi connectivity index (χ3v) is 3.87. The molecular formula is C28H33NO5. The number of para-hydroxylation sites is 3. The number of ether oxygens (including phenoxy) is 3. The molecule has 0 saturated carbocycles. The van der Waals surface area contributed by atoms with Crippen LogP contribution in [0.4, 0.5) is 5.69 Å². The van der Waals surface area contributed by atoms with E-state index in [0.29, 0.717) is 0 Å². The Morgan fingerprint density at radius 1 is 0.676 bits per heavy atom. The Morgan fingerprint density at radius 2 is 1.06 bits per heavy atom. The smallest absolute Gasteiger partial charge is 0.347 e. The van der Waals surface area contributed by atoms with Crippen LogP contribution in [-0.4, -0.2) is 25.2 Å². The Hall–Kier alpha value is -4.06. The molecule has 0 aliphatic heterocycles. The number of nitrogens with one attached hydrogen (secondary N) is 1. The molecule has 0 saturated heterocycles. The Balaban J connectivity index is 0.000000334. The fourth-order valence-electron chi connectivity index (χ4n) is 2.42. The topological polar surface area (TPSA) is 73.9 Å². The van der Waals surface area contributed by atoms with Gasteiger partial charge in [-0.05, 0) is 50.2 Å². The van der Waals surface area contributed by atoms with Crippen molar-refractivity contribution >= 4 is 17.6 Å². The van der Waals surface area contributed by atoms with Crippen LogP contribution in [0.3, 0.4) is 0 Å². The Labute approximate surface area is 202 Å². The molecule has 3 aromatic carbocycles. The fourth-order valence-corrected chi connectivity index (χ4v) is 2.42. The molecule has 1 N–H and O–H groups in total. The quantitative estimate of drug-likeness (QED) is 0.175. The molecule has 0 unspecified atom stereocenters. The molecule has 0 atom stereocenters. The van der Waals surface area contributed by atoms with Crippen LogP contribution in [0, 0.1) is 0 Å². The SMILES string of the molecule is CC.CCOC(=O)C(=CNc1ccccc1)C(=O)OCC.c1ccc(Oc2ccccc2)cc1. The maximum atomic E-state index is 11.6. The van der Waals surface area contributed by atoms with Crippen molar-refractivity contribution in [2.24, 2.45) is 0 Å². The van der Waals surface area contributed by atoms with Gasteiger partial charge in [0, 0.05) is 11.9 Å². The third kappa shape index (κ3) is 11.0. The molecule has 0 bridgehead atoms. The molecule has 0 fully saturated rings. The molecule has 0 amide bonds. The van der Waals surface area contributed by atoms with Gasteiger partial charge >= 0.3 is 11.9 Å². The summed E-state index contributed by atoms with van der Waals surface area (Å²) < 4.78 is 15.2. The van der Waals surface area contributed by atoms with Crippen LogP contribution < -0.4 is 10.1 Å². The van der Waals surface area contributed by atoms with E-state index in [2.05, 4.69) is 5.32 Å². The molecule has 0 aromatic heterocycles. The lowest BCUT2D eigenvalue weighted by molar-refractivity contribution is -0.146. The standard InChI is InChI=1S/C14H17NO4.C12H10O.C2H6/c1-3-18-13(16)12(14(17)19-4-2)10-15-11-8-6-5-7-9-11;1-3-7-11(8-4-1)13-12-9-5-2-6-10-12;1-2/h5-10,15H,3-4H2,1-2H3;1-10H;1-2H3. The van der Waals surface area contributed by atoms with Gasteiger partial charge in [0.15, 0.2) is 5.57 Å². The van der Waals surface area contributed by atoms with Crippen molar-refractivity contribution in [1.29, 1.82) is 0 Å². The molecule has 0 spiro atoms. The molecule has 180 valence electrons. The first-order valence-electron chi connectivity index (χ1n) is 11.3. The largest absolute Gasteiger partial charge is 0.462 e. The van der Waals surface area contributed by atoms with Crippen molar-refractivity contribution in [3.63, 3.8) is 0 Å². The summed E-state index contributed by atoms with van der Waals surface area (Å²) in [6.07, 6.45) is 1.30. The first-order valence-corrected chi connectivity index (χ1v) is 11.3. The number of hydrogen-bond donors (Lipinski definition) is 1. The minimum Gasteiger partial charge on any atom is -0.462 e. The van der Waals surface area contributed by atoms with Crippen molar-refractivity contribution < 1.29 is 23.8 Å². The first-order chi connectivity index (χ1) is 16.6. The predicted molar refractivity (Wildman–Crippen MR) is 136 cm³/mol. The maximum absolute atomic E-state index is 11.6. The molecule has 0 radical (unpaired) electrons. The normalized spacial score (nSPS) is 9.06. The van der Waals surface area contributed by atoms with E-state index in [1.54, 1.807) is 13.8 Å². The van der Waals surface area contributed by atoms with E-state index in [9.17, 15) is 9.59 Å². The first kappa shape index (κ1) is 28.0. The number of benzene rings is 3. The van der Waals surface area contributed by atoms with Crippen LogP contribution in [0.15, 0.2) is 103 Å². The van der Waals surface area contributed by atoms with Crippen LogP contribution in [0.5, 0.6) is 11.5 Å². The number of carbonyl (C=O) groups excluding carboxylic acids is 2. The second kappa shape index (κ2) is 17.5. The van der Waals surface area contributed by atoms with E-state index >= 15 is 0 Å². The van der Waals surface area contributed by atoms with E-state index in [1.807, 2.05) is 105 Å². The zero-order valence-corrected chi connectivity index (χ0v) is 20.2. The van der Waals surface area contributed by atoms with Crippen molar-refractivity contribution in [2.75, 3.05) is 18.5 Å². The van der Waals surface area contributed by atoms with Crippen LogP contribution in [0.25, 0.3) is 0 Å². The van der Waals surface area contributed by atoms with Crippen molar-refractivity contribution in [2.45, 2.75) is 27.7 Å². The molecule has 3 aromatic rings. The van der Waals surface area contributed by atoms with Crippen LogP contribution in [0.2, 0.25) is 0 Å². The number of carbonyl (C=O) groups is 2. The lowest BCUT2D eigenvalue weighted by Crippen LogP contribution is -2.19. The van der Waals surface area contributed by atoms with Gasteiger partial charge in [-0.1, -0.05) is 68.4 Å². The van der Waals surface area contributed by atoms with Gasteiger partial charge in [-0.3, -0.25) is 0 Å². The Morgan fingerprint density at radius 3 is 1.44 bits per heavy atom. The minimum absolute atomic E-state index is 0.160. The summed E-state index contributed by atoms with van der Waals surface area (Å²) in [6, 6.07) is 28.7. The van der Waals surface area contributed by atoms with Gasteiger partial charge in [-0.25, -0.2) is 9.59 Å². The molecule has 0 aliphatic rings. The Bertz CT molecular complexity index is 916. The highest BCUT2D eigenvalue weighted by molar-refractivity contribution is 6.14. The Kier molecular flexibility index (Phi) is 14.4. The average Bonchev–Trinajstić information content (AvgIpc) is 2.88. The van der Waals surface area contributed by atoms with E-state index in [4.69, 9.17) is 14.2 Å². The van der Waals surface area contributed by atoms with Gasteiger partial charge in [-0.15, -0.1) is 0 Å². The summed E-state index contributed by atoms with van der Waals surface area (Å²) in [4.78, 5) is 23.3. The maximum Gasteiger partial charge on any atom is 0.347 e. The van der Waals surface area contributed by atoms with Gasteiger partial charge in [0.1, 0.15) is 11.5 Å². The highest BCUT2D eigenvalue weighted by Crippen LogP contribution is 2.19. The monoisotopic (exact) mass is 463 g/mol. The van der Waals surface area contributed by atoms with E-state index in [0.717, 1.165) is 17.2 Å². The molecule has 0 heterocycles. The molecule has 34 heavy (non-hydrogen) atoms. The highest BCUT2D eigenvalue weighted by Gasteiger charge is 2.20. The second-order valence-electron chi connectivity index (χ2n) is 6.24. The summed E-state index contributed by atoms with van der Waals surface area (Å²) in [6.45, 7) is 7.73. The van der Waals surface area contributed by atoms with Crippen molar-refractivity contribution in [3.05, 3.63) is 103 Å². The third-order valence-electron chi connectivity index (χ3n) is 3.87. The summed E-state index contributed by atoms with van der Waals surface area (Å²) in [5.41, 5.74) is 0.598. The number of esters is 2. The van der Waals surface area contributed by atoms with Gasteiger partial charge in [0.05, 0.1) is 13.2 Å². The van der Waals surface area contributed by atoms with Gasteiger partial charge < -0.3 is 19.5 Å². The molecule has 0 aliphatic carbocycles. The minimum atomic E-state index is -0.704. The summed E-state index contributed by atoms with van der Waals surface area (Å²) in [7, 11) is 0. The van der Waals surface area contributed by atoms with Gasteiger partial charge in [-0.2, -0.15) is 0 Å². The van der Waals surface area contributed by atoms with Crippen LogP contribution in [0.1, 0.15) is 27.7 Å². The summed E-state index contributed by atoms with van der Waals surface area (Å²) >= 11 is 0. The zero-order valence-electron chi connectivity index (χ0n) is 20.2. The average molecular weight is 464 g/mol. The van der Waals surface area contributed by atoms with Gasteiger partial charge in [0.25, 0.3) is 0 Å². The number of hydrogen-bond acceptors (Lipinski definition) is 6. The summed E-state index contributed by atoms with van der Waals surface area (Å²) in [5.74, 6) is 0.330. The van der Waals surface area contributed by atoms with E-state index < -0.39 is 11.9 Å². The zero-order chi connectivity index (χ0) is 25.0. The number of rotatable bonds is 8. The van der Waals surface area contributed by atoms with E-state index in [-0.39, 0.29) is 18.8 Å². The van der Waals surface area contributed by atoms with Crippen LogP contribution >= 0.6 is 0 Å². The lowest BCUT2D eigenvalue weighted by atomic mass is 10.3. The molecule has 3 rings (SSSR count). The lowest BCUT2D eigenvalue weighted by Gasteiger charge is -2.07. The van der Waals surface area contributed by atoms with Crippen molar-refractivity contribution in [1.82, 2.24) is 0 Å². The predicted octanol–water partition coefficient (Wildman–Crippen LogP) is 6.61. The highest BCUT2D eigenvalue weighted by atomic mass is 16.6. The number of anilines is 1. The van der Waals surface area contributed by atoms with Gasteiger partial charge in [0.2, 0.25) is 0 Å².